The summed E-state index contributed by atoms with van der Waals surface area (Å²) in [6, 6.07) is 8.44. The molecule has 0 unspecified atom stereocenters. The molecule has 0 aromatic heterocycles. The van der Waals surface area contributed by atoms with E-state index in [1.54, 1.807) is 18.2 Å². The van der Waals surface area contributed by atoms with E-state index in [0.717, 1.165) is 17.7 Å². The number of nitrogen functional groups attached to an aromatic ring is 1. The fourth-order valence-corrected chi connectivity index (χ4v) is 1.74. The Bertz CT molecular complexity index is 654. The van der Waals surface area contributed by atoms with Crippen LogP contribution in [0.15, 0.2) is 36.4 Å². The van der Waals surface area contributed by atoms with E-state index in [1.807, 2.05) is 6.92 Å². The highest BCUT2D eigenvalue weighted by Crippen LogP contribution is 2.22. The van der Waals surface area contributed by atoms with Crippen LogP contribution >= 0.6 is 0 Å². The molecule has 0 radical (unpaired) electrons. The standard InChI is InChI=1S/C15H14F2N2O2/c1-9-5-6-13(12(18)7-9)19-14(20)8-21-15-10(16)3-2-4-11(15)17/h2-7H,8,18H2,1H3,(H,19,20). The molecule has 0 fully saturated rings. The van der Waals surface area contributed by atoms with Crippen LogP contribution in [0.25, 0.3) is 0 Å². The van der Waals surface area contributed by atoms with Crippen molar-refractivity contribution in [2.45, 2.75) is 6.92 Å². The second kappa shape index (κ2) is 6.21. The Kier molecular flexibility index (Phi) is 4.37. The molecule has 0 saturated heterocycles. The van der Waals surface area contributed by atoms with Gasteiger partial charge < -0.3 is 15.8 Å². The Morgan fingerprint density at radius 3 is 2.52 bits per heavy atom. The Hall–Kier alpha value is -2.63. The number of aryl methyl sites for hydroxylation is 1. The molecule has 0 heterocycles. The highest BCUT2D eigenvalue weighted by atomic mass is 19.1. The number of carbonyl (C=O) groups is 1. The first kappa shape index (κ1) is 14.8. The summed E-state index contributed by atoms with van der Waals surface area (Å²) in [6.45, 7) is 1.34. The lowest BCUT2D eigenvalue weighted by molar-refractivity contribution is -0.118. The van der Waals surface area contributed by atoms with Crippen LogP contribution in [0.3, 0.4) is 0 Å². The van der Waals surface area contributed by atoms with Crippen LogP contribution in [0.4, 0.5) is 20.2 Å². The zero-order valence-electron chi connectivity index (χ0n) is 11.3. The maximum absolute atomic E-state index is 13.3. The third-order valence-electron chi connectivity index (χ3n) is 2.75. The first-order valence-electron chi connectivity index (χ1n) is 6.20. The molecule has 0 atom stereocenters. The molecular formula is C15H14F2N2O2. The van der Waals surface area contributed by atoms with E-state index in [4.69, 9.17) is 10.5 Å². The lowest BCUT2D eigenvalue weighted by atomic mass is 10.2. The number of para-hydroxylation sites is 1. The predicted octanol–water partition coefficient (Wildman–Crippen LogP) is 2.87. The highest BCUT2D eigenvalue weighted by Gasteiger charge is 2.12. The maximum atomic E-state index is 13.3. The average Bonchev–Trinajstić information content (AvgIpc) is 2.41. The normalized spacial score (nSPS) is 10.2. The summed E-state index contributed by atoms with van der Waals surface area (Å²) in [4.78, 5) is 11.7. The van der Waals surface area contributed by atoms with Gasteiger partial charge in [0.1, 0.15) is 0 Å². The van der Waals surface area contributed by atoms with Crippen LogP contribution in [0.1, 0.15) is 5.56 Å². The molecule has 1 amide bonds. The number of hydrogen-bond donors (Lipinski definition) is 2. The van der Waals surface area contributed by atoms with Crippen molar-refractivity contribution >= 4 is 17.3 Å². The smallest absolute Gasteiger partial charge is 0.262 e. The SMILES string of the molecule is Cc1ccc(NC(=O)COc2c(F)cccc2F)c(N)c1. The van der Waals surface area contributed by atoms with Gasteiger partial charge in [-0.3, -0.25) is 4.79 Å². The van der Waals surface area contributed by atoms with Gasteiger partial charge in [0.25, 0.3) is 5.91 Å². The van der Waals surface area contributed by atoms with Gasteiger partial charge in [-0.15, -0.1) is 0 Å². The van der Waals surface area contributed by atoms with Crippen LogP contribution in [0, 0.1) is 18.6 Å². The van der Waals surface area contributed by atoms with E-state index in [9.17, 15) is 13.6 Å². The van der Waals surface area contributed by atoms with Gasteiger partial charge in [0.15, 0.2) is 24.0 Å². The Morgan fingerprint density at radius 2 is 1.90 bits per heavy atom. The van der Waals surface area contributed by atoms with Gasteiger partial charge in [-0.05, 0) is 36.8 Å². The second-order valence-corrected chi connectivity index (χ2v) is 4.48. The van der Waals surface area contributed by atoms with Crippen LogP contribution < -0.4 is 15.8 Å². The fourth-order valence-electron chi connectivity index (χ4n) is 1.74. The average molecular weight is 292 g/mol. The third kappa shape index (κ3) is 3.68. The van der Waals surface area contributed by atoms with E-state index in [1.165, 1.54) is 6.07 Å². The number of amides is 1. The molecular weight excluding hydrogens is 278 g/mol. The summed E-state index contributed by atoms with van der Waals surface area (Å²) in [7, 11) is 0. The van der Waals surface area contributed by atoms with Gasteiger partial charge in [-0.2, -0.15) is 0 Å². The van der Waals surface area contributed by atoms with Crippen LogP contribution in [-0.4, -0.2) is 12.5 Å². The van der Waals surface area contributed by atoms with Gasteiger partial charge in [0, 0.05) is 0 Å². The van der Waals surface area contributed by atoms with Crippen LogP contribution in [0.2, 0.25) is 0 Å². The second-order valence-electron chi connectivity index (χ2n) is 4.48. The molecule has 2 rings (SSSR count). The molecule has 21 heavy (non-hydrogen) atoms. The van der Waals surface area contributed by atoms with Crippen molar-refractivity contribution in [2.75, 3.05) is 17.7 Å². The zero-order valence-corrected chi connectivity index (χ0v) is 11.3. The maximum Gasteiger partial charge on any atom is 0.262 e. The number of hydrogen-bond acceptors (Lipinski definition) is 3. The minimum Gasteiger partial charge on any atom is -0.478 e. The molecule has 2 aromatic rings. The Labute approximate surface area is 120 Å². The number of carbonyl (C=O) groups excluding carboxylic acids is 1. The number of halogens is 2. The zero-order chi connectivity index (χ0) is 15.4. The molecule has 0 spiro atoms. The van der Waals surface area contributed by atoms with Crippen molar-refractivity contribution in [3.8, 4) is 5.75 Å². The van der Waals surface area contributed by atoms with Gasteiger partial charge in [-0.1, -0.05) is 12.1 Å². The molecule has 0 bridgehead atoms. The van der Waals surface area contributed by atoms with E-state index in [0.29, 0.717) is 11.4 Å². The molecule has 110 valence electrons. The van der Waals surface area contributed by atoms with Crippen molar-refractivity contribution in [1.82, 2.24) is 0 Å². The number of nitrogens with two attached hydrogens (primary N) is 1. The van der Waals surface area contributed by atoms with E-state index >= 15 is 0 Å². The summed E-state index contributed by atoms with van der Waals surface area (Å²) in [5, 5.41) is 2.51. The quantitative estimate of drug-likeness (QED) is 0.852. The summed E-state index contributed by atoms with van der Waals surface area (Å²) >= 11 is 0. The predicted molar refractivity (Wildman–Crippen MR) is 76.1 cm³/mol. The van der Waals surface area contributed by atoms with Crippen molar-refractivity contribution in [2.24, 2.45) is 0 Å². The first-order valence-corrected chi connectivity index (χ1v) is 6.20. The molecule has 0 saturated carbocycles. The minimum atomic E-state index is -0.863. The van der Waals surface area contributed by atoms with Gasteiger partial charge in [0.2, 0.25) is 0 Å². The number of rotatable bonds is 4. The molecule has 0 aliphatic heterocycles. The lowest BCUT2D eigenvalue weighted by Crippen LogP contribution is -2.21. The van der Waals surface area contributed by atoms with Gasteiger partial charge in [-0.25, -0.2) is 8.78 Å². The first-order chi connectivity index (χ1) is 9.97. The van der Waals surface area contributed by atoms with Crippen molar-refractivity contribution in [1.29, 1.82) is 0 Å². The van der Waals surface area contributed by atoms with E-state index in [-0.39, 0.29) is 0 Å². The number of benzene rings is 2. The number of nitrogens with one attached hydrogen (secondary N) is 1. The Morgan fingerprint density at radius 1 is 1.24 bits per heavy atom. The molecule has 4 nitrogen and oxygen atoms in total. The fraction of sp³-hybridized carbons (Fsp3) is 0.133. The summed E-state index contributed by atoms with van der Waals surface area (Å²) in [6.07, 6.45) is 0. The largest absolute Gasteiger partial charge is 0.478 e. The van der Waals surface area contributed by atoms with E-state index < -0.39 is 29.9 Å². The molecule has 6 heteroatoms. The minimum absolute atomic E-state index is 0.403. The van der Waals surface area contributed by atoms with E-state index in [2.05, 4.69) is 5.32 Å². The number of anilines is 2. The van der Waals surface area contributed by atoms with Gasteiger partial charge in [0.05, 0.1) is 11.4 Å². The molecule has 0 aliphatic rings. The van der Waals surface area contributed by atoms with Crippen LogP contribution in [-0.2, 0) is 4.79 Å². The Balaban J connectivity index is 1.99. The molecule has 0 aliphatic carbocycles. The highest BCUT2D eigenvalue weighted by molar-refractivity contribution is 5.94. The molecule has 2 aromatic carbocycles. The summed E-state index contributed by atoms with van der Waals surface area (Å²) < 4.78 is 31.5. The van der Waals surface area contributed by atoms with Crippen molar-refractivity contribution < 1.29 is 18.3 Å². The molecule has 3 N–H and O–H groups in total. The lowest BCUT2D eigenvalue weighted by Gasteiger charge is -2.10. The topological polar surface area (TPSA) is 64.3 Å². The van der Waals surface area contributed by atoms with Crippen LogP contribution in [0.5, 0.6) is 5.75 Å². The number of ether oxygens (including phenoxy) is 1. The summed E-state index contributed by atoms with van der Waals surface area (Å²) in [5.74, 6) is -2.87. The van der Waals surface area contributed by atoms with Crippen molar-refractivity contribution in [3.63, 3.8) is 0 Å². The monoisotopic (exact) mass is 292 g/mol. The summed E-state index contributed by atoms with van der Waals surface area (Å²) in [5.41, 5.74) is 7.53. The van der Waals surface area contributed by atoms with Gasteiger partial charge >= 0.3 is 0 Å². The van der Waals surface area contributed by atoms with Crippen molar-refractivity contribution in [3.05, 3.63) is 53.6 Å². The third-order valence-corrected chi connectivity index (χ3v) is 2.75.